The molecule has 2 saturated heterocycles. The van der Waals surface area contributed by atoms with Gasteiger partial charge >= 0.3 is 0 Å². The normalized spacial score (nSPS) is 28.7. The molecule has 1 atom stereocenters. The van der Waals surface area contributed by atoms with E-state index in [2.05, 4.69) is 10.6 Å². The molecule has 0 aliphatic carbocycles. The van der Waals surface area contributed by atoms with Crippen LogP contribution in [0.2, 0.25) is 0 Å². The third-order valence-electron chi connectivity index (χ3n) is 2.79. The van der Waals surface area contributed by atoms with Crippen molar-refractivity contribution in [2.75, 3.05) is 30.3 Å². The summed E-state index contributed by atoms with van der Waals surface area (Å²) in [6.07, 6.45) is 2.16. The molecule has 2 aliphatic heterocycles. The van der Waals surface area contributed by atoms with Crippen LogP contribution < -0.4 is 10.6 Å². The maximum Gasteiger partial charge on any atom is 0.234 e. The van der Waals surface area contributed by atoms with E-state index in [0.29, 0.717) is 6.04 Å². The quantitative estimate of drug-likeness (QED) is 0.753. The fourth-order valence-corrected chi connectivity index (χ4v) is 4.47. The third-order valence-corrected chi connectivity index (χ3v) is 5.55. The van der Waals surface area contributed by atoms with Gasteiger partial charge in [0.15, 0.2) is 0 Å². The molecule has 15 heavy (non-hydrogen) atoms. The standard InChI is InChI=1S/C10H18N2OS2/c13-10(9-7-14-5-6-15-9)12-8-1-3-11-4-2-8/h8-9,11H,1-7H2,(H,12,13). The Labute approximate surface area is 99.5 Å². The molecule has 86 valence electrons. The lowest BCUT2D eigenvalue weighted by Gasteiger charge is -2.27. The molecule has 2 rings (SSSR count). The van der Waals surface area contributed by atoms with Crippen molar-refractivity contribution in [1.29, 1.82) is 0 Å². The van der Waals surface area contributed by atoms with Crippen LogP contribution in [0.5, 0.6) is 0 Å². The molecule has 1 unspecified atom stereocenters. The molecule has 0 aromatic heterocycles. The number of piperidine rings is 1. The van der Waals surface area contributed by atoms with E-state index < -0.39 is 0 Å². The summed E-state index contributed by atoms with van der Waals surface area (Å²) in [7, 11) is 0. The topological polar surface area (TPSA) is 41.1 Å². The van der Waals surface area contributed by atoms with Crippen molar-refractivity contribution < 1.29 is 4.79 Å². The Balaban J connectivity index is 1.74. The molecule has 0 spiro atoms. The van der Waals surface area contributed by atoms with Crippen LogP contribution in [0.4, 0.5) is 0 Å². The van der Waals surface area contributed by atoms with Gasteiger partial charge in [0, 0.05) is 23.3 Å². The molecule has 5 heteroatoms. The number of hydrogen-bond acceptors (Lipinski definition) is 4. The van der Waals surface area contributed by atoms with Crippen molar-refractivity contribution in [3.63, 3.8) is 0 Å². The summed E-state index contributed by atoms with van der Waals surface area (Å²) < 4.78 is 0. The minimum Gasteiger partial charge on any atom is -0.352 e. The van der Waals surface area contributed by atoms with Gasteiger partial charge in [0.2, 0.25) is 5.91 Å². The lowest BCUT2D eigenvalue weighted by molar-refractivity contribution is -0.121. The van der Waals surface area contributed by atoms with E-state index in [0.717, 1.165) is 37.4 Å². The van der Waals surface area contributed by atoms with Crippen molar-refractivity contribution >= 4 is 29.4 Å². The van der Waals surface area contributed by atoms with E-state index in [1.54, 1.807) is 0 Å². The van der Waals surface area contributed by atoms with Crippen molar-refractivity contribution in [3.8, 4) is 0 Å². The van der Waals surface area contributed by atoms with Crippen LogP contribution in [0.25, 0.3) is 0 Å². The van der Waals surface area contributed by atoms with Crippen LogP contribution in [0, 0.1) is 0 Å². The molecule has 2 N–H and O–H groups in total. The average Bonchev–Trinajstić information content (AvgIpc) is 2.31. The molecule has 3 nitrogen and oxygen atoms in total. The maximum absolute atomic E-state index is 11.9. The Bertz CT molecular complexity index is 213. The van der Waals surface area contributed by atoms with Gasteiger partial charge in [-0.25, -0.2) is 0 Å². The van der Waals surface area contributed by atoms with Crippen LogP contribution in [0.1, 0.15) is 12.8 Å². The smallest absolute Gasteiger partial charge is 0.234 e. The molecule has 0 aromatic rings. The van der Waals surface area contributed by atoms with E-state index in [1.807, 2.05) is 23.5 Å². The molecule has 0 saturated carbocycles. The summed E-state index contributed by atoms with van der Waals surface area (Å²) in [6.45, 7) is 2.08. The molecule has 0 bridgehead atoms. The highest BCUT2D eigenvalue weighted by atomic mass is 32.2. The predicted molar refractivity (Wildman–Crippen MR) is 67.6 cm³/mol. The number of amides is 1. The summed E-state index contributed by atoms with van der Waals surface area (Å²) >= 11 is 3.71. The van der Waals surface area contributed by atoms with E-state index in [1.165, 1.54) is 5.75 Å². The predicted octanol–water partition coefficient (Wildman–Crippen LogP) is 0.703. The molecular weight excluding hydrogens is 228 g/mol. The van der Waals surface area contributed by atoms with Gasteiger partial charge in [0.05, 0.1) is 5.25 Å². The van der Waals surface area contributed by atoms with Crippen LogP contribution in [-0.2, 0) is 4.79 Å². The maximum atomic E-state index is 11.9. The number of carbonyl (C=O) groups excluding carboxylic acids is 1. The Hall–Kier alpha value is 0.130. The van der Waals surface area contributed by atoms with E-state index >= 15 is 0 Å². The van der Waals surface area contributed by atoms with Crippen molar-refractivity contribution in [1.82, 2.24) is 10.6 Å². The lowest BCUT2D eigenvalue weighted by Crippen LogP contribution is -2.46. The highest BCUT2D eigenvalue weighted by Crippen LogP contribution is 2.24. The first-order valence-corrected chi connectivity index (χ1v) is 7.77. The summed E-state index contributed by atoms with van der Waals surface area (Å²) in [5.41, 5.74) is 0. The zero-order valence-corrected chi connectivity index (χ0v) is 10.5. The van der Waals surface area contributed by atoms with Gasteiger partial charge in [0.25, 0.3) is 0 Å². The van der Waals surface area contributed by atoms with Gasteiger partial charge in [0.1, 0.15) is 0 Å². The third kappa shape index (κ3) is 3.57. The molecule has 0 aromatic carbocycles. The summed E-state index contributed by atoms with van der Waals surface area (Å²) in [6, 6.07) is 0.409. The van der Waals surface area contributed by atoms with Crippen LogP contribution in [0.15, 0.2) is 0 Å². The second-order valence-corrected chi connectivity index (χ2v) is 6.43. The number of rotatable bonds is 2. The summed E-state index contributed by atoms with van der Waals surface area (Å²) in [4.78, 5) is 11.9. The van der Waals surface area contributed by atoms with Crippen molar-refractivity contribution in [3.05, 3.63) is 0 Å². The fraction of sp³-hybridized carbons (Fsp3) is 0.900. The molecular formula is C10H18N2OS2. The lowest BCUT2D eigenvalue weighted by atomic mass is 10.1. The minimum atomic E-state index is 0.193. The highest BCUT2D eigenvalue weighted by Gasteiger charge is 2.24. The summed E-state index contributed by atoms with van der Waals surface area (Å²) in [5.74, 6) is 3.57. The van der Waals surface area contributed by atoms with Crippen molar-refractivity contribution in [2.24, 2.45) is 0 Å². The molecule has 2 fully saturated rings. The summed E-state index contributed by atoms with van der Waals surface area (Å²) in [5, 5.41) is 6.68. The first kappa shape index (κ1) is 11.6. The number of thioether (sulfide) groups is 2. The molecule has 1 amide bonds. The highest BCUT2D eigenvalue weighted by molar-refractivity contribution is 8.07. The van der Waals surface area contributed by atoms with Gasteiger partial charge in [-0.3, -0.25) is 4.79 Å². The number of carbonyl (C=O) groups is 1. The van der Waals surface area contributed by atoms with Gasteiger partial charge in [-0.1, -0.05) is 0 Å². The zero-order valence-electron chi connectivity index (χ0n) is 8.83. The first-order valence-electron chi connectivity index (χ1n) is 5.57. The molecule has 2 aliphatic rings. The second kappa shape index (κ2) is 6.01. The van der Waals surface area contributed by atoms with Crippen molar-refractivity contribution in [2.45, 2.75) is 24.1 Å². The number of hydrogen-bond donors (Lipinski definition) is 2. The van der Waals surface area contributed by atoms with Gasteiger partial charge in [-0.2, -0.15) is 11.8 Å². The molecule has 2 heterocycles. The van der Waals surface area contributed by atoms with Crippen LogP contribution in [-0.4, -0.2) is 47.5 Å². The van der Waals surface area contributed by atoms with Crippen LogP contribution >= 0.6 is 23.5 Å². The minimum absolute atomic E-state index is 0.193. The zero-order chi connectivity index (χ0) is 10.5. The Morgan fingerprint density at radius 3 is 2.73 bits per heavy atom. The fourth-order valence-electron chi connectivity index (χ4n) is 1.90. The first-order chi connectivity index (χ1) is 7.36. The van der Waals surface area contributed by atoms with E-state index in [9.17, 15) is 4.79 Å². The second-order valence-electron chi connectivity index (χ2n) is 3.97. The monoisotopic (exact) mass is 246 g/mol. The largest absolute Gasteiger partial charge is 0.352 e. The van der Waals surface area contributed by atoms with Gasteiger partial charge < -0.3 is 10.6 Å². The Kier molecular flexibility index (Phi) is 4.65. The Morgan fingerprint density at radius 1 is 1.27 bits per heavy atom. The average molecular weight is 246 g/mol. The molecule has 0 radical (unpaired) electrons. The SMILES string of the molecule is O=C(NC1CCNCC1)C1CSCCS1. The number of nitrogens with one attached hydrogen (secondary N) is 2. The van der Waals surface area contributed by atoms with E-state index in [4.69, 9.17) is 0 Å². The van der Waals surface area contributed by atoms with Crippen LogP contribution in [0.3, 0.4) is 0 Å². The Morgan fingerprint density at radius 2 is 2.07 bits per heavy atom. The van der Waals surface area contributed by atoms with Gasteiger partial charge in [-0.05, 0) is 25.9 Å². The van der Waals surface area contributed by atoms with E-state index in [-0.39, 0.29) is 11.2 Å². The van der Waals surface area contributed by atoms with Gasteiger partial charge in [-0.15, -0.1) is 11.8 Å².